The van der Waals surface area contributed by atoms with Crippen LogP contribution in [0.25, 0.3) is 0 Å². The Bertz CT molecular complexity index is 363. The molecule has 0 spiro atoms. The molecule has 1 aliphatic heterocycles. The SMILES string of the molecule is COc1cc(CC(C)N)[13cH]c2c1OCO2. The van der Waals surface area contributed by atoms with Crippen LogP contribution in [0.4, 0.5) is 0 Å². The largest absolute Gasteiger partial charge is 0.493 e. The Balaban J connectivity index is 2.34. The van der Waals surface area contributed by atoms with Gasteiger partial charge in [0.15, 0.2) is 11.5 Å². The van der Waals surface area contributed by atoms with Gasteiger partial charge in [0.25, 0.3) is 0 Å². The Kier molecular flexibility index (Phi) is 2.68. The van der Waals surface area contributed by atoms with Crippen LogP contribution in [0.15, 0.2) is 12.1 Å². The molecule has 0 amide bonds. The Hall–Kier alpha value is -1.42. The fourth-order valence-corrected chi connectivity index (χ4v) is 1.67. The average Bonchev–Trinajstić information content (AvgIpc) is 2.63. The van der Waals surface area contributed by atoms with Crippen molar-refractivity contribution < 1.29 is 14.2 Å². The number of methoxy groups -OCH3 is 1. The smallest absolute Gasteiger partial charge is 0.231 e. The minimum Gasteiger partial charge on any atom is -0.493 e. The summed E-state index contributed by atoms with van der Waals surface area (Å²) in [7, 11) is 1.62. The van der Waals surface area contributed by atoms with Crippen LogP contribution in [0, 0.1) is 0 Å². The average molecular weight is 210 g/mol. The van der Waals surface area contributed by atoms with Gasteiger partial charge in [-0.25, -0.2) is 0 Å². The number of hydrogen-bond acceptors (Lipinski definition) is 4. The molecule has 15 heavy (non-hydrogen) atoms. The highest BCUT2D eigenvalue weighted by Crippen LogP contribution is 2.41. The van der Waals surface area contributed by atoms with E-state index in [0.717, 1.165) is 17.7 Å². The number of hydrogen-bond donors (Lipinski definition) is 1. The summed E-state index contributed by atoms with van der Waals surface area (Å²) in [5.74, 6) is 2.14. The van der Waals surface area contributed by atoms with Gasteiger partial charge in [-0.1, -0.05) is 0 Å². The summed E-state index contributed by atoms with van der Waals surface area (Å²) in [6.07, 6.45) is 0.799. The summed E-state index contributed by atoms with van der Waals surface area (Å²) in [5, 5.41) is 0. The maximum absolute atomic E-state index is 5.75. The second-order valence-electron chi connectivity index (χ2n) is 3.71. The minimum atomic E-state index is 0.120. The summed E-state index contributed by atoms with van der Waals surface area (Å²) >= 11 is 0. The molecule has 0 radical (unpaired) electrons. The first-order valence-electron chi connectivity index (χ1n) is 4.93. The number of ether oxygens (including phenoxy) is 3. The maximum Gasteiger partial charge on any atom is 0.231 e. The third-order valence-corrected chi connectivity index (χ3v) is 2.28. The van der Waals surface area contributed by atoms with Crippen LogP contribution in [0.3, 0.4) is 0 Å². The fraction of sp³-hybridized carbons (Fsp3) is 0.455. The quantitative estimate of drug-likeness (QED) is 0.817. The van der Waals surface area contributed by atoms with E-state index in [1.54, 1.807) is 7.11 Å². The molecule has 1 heterocycles. The number of nitrogens with two attached hydrogens (primary N) is 1. The van der Waals surface area contributed by atoms with E-state index in [1.807, 2.05) is 19.1 Å². The molecule has 2 rings (SSSR count). The van der Waals surface area contributed by atoms with Crippen molar-refractivity contribution >= 4 is 0 Å². The molecule has 2 N–H and O–H groups in total. The van der Waals surface area contributed by atoms with Gasteiger partial charge in [-0.05, 0) is 31.0 Å². The van der Waals surface area contributed by atoms with Crippen LogP contribution in [0.2, 0.25) is 0 Å². The molecule has 1 unspecified atom stereocenters. The van der Waals surface area contributed by atoms with E-state index in [9.17, 15) is 0 Å². The van der Waals surface area contributed by atoms with Crippen LogP contribution in [-0.2, 0) is 6.42 Å². The summed E-state index contributed by atoms with van der Waals surface area (Å²) in [6.45, 7) is 2.23. The molecule has 0 bridgehead atoms. The first-order chi connectivity index (χ1) is 7.20. The monoisotopic (exact) mass is 210 g/mol. The Morgan fingerprint density at radius 2 is 2.27 bits per heavy atom. The highest BCUT2D eigenvalue weighted by atomic mass is 16.7. The van der Waals surface area contributed by atoms with Crippen molar-refractivity contribution in [2.45, 2.75) is 19.4 Å². The van der Waals surface area contributed by atoms with Crippen molar-refractivity contribution in [3.8, 4) is 17.2 Å². The van der Waals surface area contributed by atoms with Gasteiger partial charge >= 0.3 is 0 Å². The second kappa shape index (κ2) is 3.98. The lowest BCUT2D eigenvalue weighted by Gasteiger charge is -2.09. The highest BCUT2D eigenvalue weighted by molar-refractivity contribution is 5.55. The molecule has 4 nitrogen and oxygen atoms in total. The van der Waals surface area contributed by atoms with Crippen molar-refractivity contribution in [1.82, 2.24) is 0 Å². The van der Waals surface area contributed by atoms with Gasteiger partial charge in [0.1, 0.15) is 0 Å². The molecule has 1 aliphatic rings. The van der Waals surface area contributed by atoms with Crippen LogP contribution in [0.5, 0.6) is 17.2 Å². The first-order valence-corrected chi connectivity index (χ1v) is 4.93. The van der Waals surface area contributed by atoms with Crippen molar-refractivity contribution in [1.29, 1.82) is 0 Å². The zero-order valence-corrected chi connectivity index (χ0v) is 8.95. The summed E-state index contributed by atoms with van der Waals surface area (Å²) in [4.78, 5) is 0. The number of benzene rings is 1. The van der Waals surface area contributed by atoms with Gasteiger partial charge in [-0.3, -0.25) is 0 Å². The van der Waals surface area contributed by atoms with E-state index in [1.165, 1.54) is 0 Å². The Morgan fingerprint density at radius 1 is 1.47 bits per heavy atom. The van der Waals surface area contributed by atoms with Gasteiger partial charge in [0.2, 0.25) is 12.5 Å². The molecule has 0 fully saturated rings. The molecule has 0 aromatic heterocycles. The number of rotatable bonds is 3. The van der Waals surface area contributed by atoms with Crippen LogP contribution < -0.4 is 19.9 Å². The van der Waals surface area contributed by atoms with Gasteiger partial charge in [0.05, 0.1) is 7.11 Å². The van der Waals surface area contributed by atoms with Crippen LogP contribution in [0.1, 0.15) is 12.5 Å². The lowest BCUT2D eigenvalue weighted by Crippen LogP contribution is -2.17. The summed E-state index contributed by atoms with van der Waals surface area (Å²) in [6, 6.07) is 4.01. The highest BCUT2D eigenvalue weighted by Gasteiger charge is 2.20. The summed E-state index contributed by atoms with van der Waals surface area (Å²) < 4.78 is 15.9. The molecule has 4 heteroatoms. The van der Waals surface area contributed by atoms with Gasteiger partial charge < -0.3 is 19.9 Å². The molecule has 82 valence electrons. The zero-order chi connectivity index (χ0) is 10.8. The van der Waals surface area contributed by atoms with E-state index in [4.69, 9.17) is 19.9 Å². The van der Waals surface area contributed by atoms with E-state index < -0.39 is 0 Å². The molecule has 0 saturated heterocycles. The van der Waals surface area contributed by atoms with E-state index >= 15 is 0 Å². The maximum atomic E-state index is 5.75. The van der Waals surface area contributed by atoms with Gasteiger partial charge in [-0.2, -0.15) is 0 Å². The van der Waals surface area contributed by atoms with Gasteiger partial charge in [0, 0.05) is 6.04 Å². The van der Waals surface area contributed by atoms with E-state index in [0.29, 0.717) is 11.5 Å². The third kappa shape index (κ3) is 1.99. The molecular weight excluding hydrogens is 195 g/mol. The van der Waals surface area contributed by atoms with Crippen molar-refractivity contribution in [3.05, 3.63) is 17.7 Å². The summed E-state index contributed by atoms with van der Waals surface area (Å²) in [5.41, 5.74) is 6.85. The molecule has 0 saturated carbocycles. The predicted octanol–water partition coefficient (Wildman–Crippen LogP) is 1.31. The molecule has 0 aliphatic carbocycles. The molecule has 1 aromatic rings. The Morgan fingerprint density at radius 3 is 2.93 bits per heavy atom. The normalized spacial score (nSPS) is 15.1. The van der Waals surface area contributed by atoms with Crippen molar-refractivity contribution in [3.63, 3.8) is 0 Å². The lowest BCUT2D eigenvalue weighted by molar-refractivity contribution is 0.171. The predicted molar refractivity (Wildman–Crippen MR) is 56.5 cm³/mol. The van der Waals surface area contributed by atoms with Gasteiger partial charge in [-0.15, -0.1) is 0 Å². The van der Waals surface area contributed by atoms with Crippen LogP contribution >= 0.6 is 0 Å². The molecular formula is C11H15NO3. The number of fused-ring (bicyclic) bond motifs is 1. The fourth-order valence-electron chi connectivity index (χ4n) is 1.67. The molecule has 1 atom stereocenters. The third-order valence-electron chi connectivity index (χ3n) is 2.28. The second-order valence-corrected chi connectivity index (χ2v) is 3.71. The Labute approximate surface area is 88.9 Å². The lowest BCUT2D eigenvalue weighted by atomic mass is 10.1. The van der Waals surface area contributed by atoms with E-state index in [-0.39, 0.29) is 12.8 Å². The van der Waals surface area contributed by atoms with Crippen molar-refractivity contribution in [2.75, 3.05) is 13.9 Å². The minimum absolute atomic E-state index is 0.120. The molecule has 1 aromatic carbocycles. The van der Waals surface area contributed by atoms with E-state index in [2.05, 4.69) is 0 Å². The first kappa shape index (κ1) is 10.1. The topological polar surface area (TPSA) is 53.7 Å². The standard InChI is InChI=1S/C11H15NO3/c1-7(12)3-8-4-9(13-2)11-10(5-8)14-6-15-11/h4-5,7H,3,6,12H2,1-2H3/i5+1. The van der Waals surface area contributed by atoms with Crippen LogP contribution in [-0.4, -0.2) is 19.9 Å². The zero-order valence-electron chi connectivity index (χ0n) is 8.95. The van der Waals surface area contributed by atoms with Crippen molar-refractivity contribution in [2.24, 2.45) is 5.73 Å².